The highest BCUT2D eigenvalue weighted by molar-refractivity contribution is 5.80. The fraction of sp³-hybridized carbons (Fsp3) is 0.480. The van der Waals surface area contributed by atoms with Crippen LogP contribution < -0.4 is 14.8 Å². The van der Waals surface area contributed by atoms with Crippen LogP contribution in [-0.4, -0.2) is 43.7 Å². The average Bonchev–Trinajstić information content (AvgIpc) is 2.77. The molecule has 1 aliphatic rings. The third-order valence-corrected chi connectivity index (χ3v) is 5.96. The predicted octanol–water partition coefficient (Wildman–Crippen LogP) is 4.42. The van der Waals surface area contributed by atoms with Gasteiger partial charge in [0.1, 0.15) is 11.5 Å². The van der Waals surface area contributed by atoms with Crippen LogP contribution in [0.3, 0.4) is 0 Å². The molecule has 1 saturated heterocycles. The van der Waals surface area contributed by atoms with Crippen LogP contribution in [0.25, 0.3) is 0 Å². The van der Waals surface area contributed by atoms with Gasteiger partial charge in [0.2, 0.25) is 0 Å². The summed E-state index contributed by atoms with van der Waals surface area (Å²) in [6.07, 6.45) is 3.13. The lowest BCUT2D eigenvalue weighted by atomic mass is 10.0. The van der Waals surface area contributed by atoms with Gasteiger partial charge in [0.15, 0.2) is 6.10 Å². The molecule has 0 unspecified atom stereocenters. The van der Waals surface area contributed by atoms with Crippen molar-refractivity contribution < 1.29 is 14.3 Å². The normalized spacial score (nSPS) is 16.5. The van der Waals surface area contributed by atoms with Crippen LogP contribution in [0.4, 0.5) is 0 Å². The van der Waals surface area contributed by atoms with Crippen LogP contribution in [0.2, 0.25) is 0 Å². The van der Waals surface area contributed by atoms with Crippen molar-refractivity contribution in [3.8, 4) is 11.5 Å². The van der Waals surface area contributed by atoms with Crippen molar-refractivity contribution in [2.24, 2.45) is 0 Å². The SMILES string of the molecule is COc1ccc([C@H](CNC(=O)[C@@H](C)Oc2ccc(C)c(C)c2)N2CCCCC2)cc1. The van der Waals surface area contributed by atoms with Gasteiger partial charge in [0.05, 0.1) is 13.2 Å². The molecule has 30 heavy (non-hydrogen) atoms. The summed E-state index contributed by atoms with van der Waals surface area (Å²) in [5.41, 5.74) is 3.56. The number of nitrogens with zero attached hydrogens (tertiary/aromatic N) is 1. The molecule has 5 heteroatoms. The Balaban J connectivity index is 1.64. The summed E-state index contributed by atoms with van der Waals surface area (Å²) in [5.74, 6) is 1.47. The maximum absolute atomic E-state index is 12.7. The lowest BCUT2D eigenvalue weighted by Crippen LogP contribution is -2.43. The smallest absolute Gasteiger partial charge is 0.260 e. The monoisotopic (exact) mass is 410 g/mol. The third-order valence-electron chi connectivity index (χ3n) is 5.96. The van der Waals surface area contributed by atoms with Crippen LogP contribution in [0.1, 0.15) is 48.9 Å². The standard InChI is InChI=1S/C25H34N2O3/c1-18-8-11-23(16-19(18)2)30-20(3)25(28)26-17-24(27-14-6-5-7-15-27)21-9-12-22(29-4)13-10-21/h8-13,16,20,24H,5-7,14-15,17H2,1-4H3,(H,26,28)/t20-,24+/m1/s1. The highest BCUT2D eigenvalue weighted by Gasteiger charge is 2.24. The molecule has 0 aromatic heterocycles. The van der Waals surface area contributed by atoms with Crippen LogP contribution in [-0.2, 0) is 4.79 Å². The molecule has 0 spiro atoms. The van der Waals surface area contributed by atoms with Crippen molar-refractivity contribution in [1.82, 2.24) is 10.2 Å². The first kappa shape index (κ1) is 22.2. The lowest BCUT2D eigenvalue weighted by molar-refractivity contribution is -0.127. The third kappa shape index (κ3) is 5.76. The molecule has 0 aliphatic carbocycles. The maximum atomic E-state index is 12.7. The first-order chi connectivity index (χ1) is 14.5. The molecule has 2 aromatic rings. The van der Waals surface area contributed by atoms with Crippen molar-refractivity contribution in [1.29, 1.82) is 0 Å². The summed E-state index contributed by atoms with van der Waals surface area (Å²) >= 11 is 0. The highest BCUT2D eigenvalue weighted by Crippen LogP contribution is 2.26. The van der Waals surface area contributed by atoms with E-state index in [1.54, 1.807) is 14.0 Å². The first-order valence-electron chi connectivity index (χ1n) is 10.9. The van der Waals surface area contributed by atoms with E-state index >= 15 is 0 Å². The molecule has 2 aromatic carbocycles. The summed E-state index contributed by atoms with van der Waals surface area (Å²) in [6, 6.07) is 14.2. The summed E-state index contributed by atoms with van der Waals surface area (Å²) in [5, 5.41) is 3.12. The molecule has 5 nitrogen and oxygen atoms in total. The maximum Gasteiger partial charge on any atom is 0.260 e. The minimum Gasteiger partial charge on any atom is -0.497 e. The zero-order valence-corrected chi connectivity index (χ0v) is 18.6. The fourth-order valence-corrected chi connectivity index (χ4v) is 3.90. The van der Waals surface area contributed by atoms with Crippen molar-refractivity contribution in [3.05, 3.63) is 59.2 Å². The number of nitrogens with one attached hydrogen (secondary N) is 1. The zero-order chi connectivity index (χ0) is 21.5. The molecular weight excluding hydrogens is 376 g/mol. The highest BCUT2D eigenvalue weighted by atomic mass is 16.5. The predicted molar refractivity (Wildman–Crippen MR) is 120 cm³/mol. The average molecular weight is 411 g/mol. The number of amides is 1. The number of likely N-dealkylation sites (tertiary alicyclic amines) is 1. The Morgan fingerprint density at radius 1 is 1.00 bits per heavy atom. The summed E-state index contributed by atoms with van der Waals surface area (Å²) in [4.78, 5) is 15.2. The van der Waals surface area contributed by atoms with E-state index in [-0.39, 0.29) is 11.9 Å². The Morgan fingerprint density at radius 3 is 2.30 bits per heavy atom. The molecule has 1 heterocycles. The molecule has 0 saturated carbocycles. The van der Waals surface area contributed by atoms with E-state index in [9.17, 15) is 4.79 Å². The lowest BCUT2D eigenvalue weighted by Gasteiger charge is -2.35. The van der Waals surface area contributed by atoms with Crippen molar-refractivity contribution >= 4 is 5.91 Å². The molecule has 1 aliphatic heterocycles. The van der Waals surface area contributed by atoms with E-state index in [4.69, 9.17) is 9.47 Å². The topological polar surface area (TPSA) is 50.8 Å². The Kier molecular flexibility index (Phi) is 7.75. The summed E-state index contributed by atoms with van der Waals surface area (Å²) < 4.78 is 11.2. The first-order valence-corrected chi connectivity index (χ1v) is 10.9. The number of carbonyl (C=O) groups excluding carboxylic acids is 1. The summed E-state index contributed by atoms with van der Waals surface area (Å²) in [6.45, 7) is 8.59. The van der Waals surface area contributed by atoms with E-state index < -0.39 is 6.10 Å². The minimum atomic E-state index is -0.551. The molecule has 3 rings (SSSR count). The van der Waals surface area contributed by atoms with Gasteiger partial charge in [-0.2, -0.15) is 0 Å². The van der Waals surface area contributed by atoms with Crippen LogP contribution in [0.15, 0.2) is 42.5 Å². The number of piperidine rings is 1. The molecule has 1 fully saturated rings. The van der Waals surface area contributed by atoms with Gasteiger partial charge in [0.25, 0.3) is 5.91 Å². The molecule has 0 radical (unpaired) electrons. The van der Waals surface area contributed by atoms with E-state index in [1.807, 2.05) is 37.3 Å². The second kappa shape index (κ2) is 10.5. The van der Waals surface area contributed by atoms with E-state index in [0.29, 0.717) is 6.54 Å². The van der Waals surface area contributed by atoms with Gasteiger partial charge in [-0.15, -0.1) is 0 Å². The van der Waals surface area contributed by atoms with Gasteiger partial charge in [-0.3, -0.25) is 9.69 Å². The Bertz CT molecular complexity index is 829. The van der Waals surface area contributed by atoms with E-state index in [2.05, 4.69) is 29.3 Å². The number of aryl methyl sites for hydroxylation is 2. The van der Waals surface area contributed by atoms with Crippen molar-refractivity contribution in [3.63, 3.8) is 0 Å². The Hall–Kier alpha value is -2.53. The number of ether oxygens (including phenoxy) is 2. The number of methoxy groups -OCH3 is 1. The van der Waals surface area contributed by atoms with Gasteiger partial charge >= 0.3 is 0 Å². The molecule has 162 valence electrons. The molecule has 2 atom stereocenters. The summed E-state index contributed by atoms with van der Waals surface area (Å²) in [7, 11) is 1.67. The largest absolute Gasteiger partial charge is 0.497 e. The number of carbonyl (C=O) groups is 1. The van der Waals surface area contributed by atoms with Crippen LogP contribution in [0, 0.1) is 13.8 Å². The van der Waals surface area contributed by atoms with Crippen LogP contribution >= 0.6 is 0 Å². The van der Waals surface area contributed by atoms with Gasteiger partial charge in [0, 0.05) is 6.54 Å². The minimum absolute atomic E-state index is 0.0938. The van der Waals surface area contributed by atoms with Crippen LogP contribution in [0.5, 0.6) is 11.5 Å². The van der Waals surface area contributed by atoms with Gasteiger partial charge in [-0.25, -0.2) is 0 Å². The van der Waals surface area contributed by atoms with Crippen molar-refractivity contribution in [2.45, 2.75) is 52.2 Å². The van der Waals surface area contributed by atoms with Gasteiger partial charge in [-0.1, -0.05) is 24.6 Å². The number of rotatable bonds is 8. The second-order valence-corrected chi connectivity index (χ2v) is 8.14. The van der Waals surface area contributed by atoms with E-state index in [1.165, 1.54) is 30.4 Å². The fourth-order valence-electron chi connectivity index (χ4n) is 3.90. The van der Waals surface area contributed by atoms with Gasteiger partial charge < -0.3 is 14.8 Å². The van der Waals surface area contributed by atoms with E-state index in [0.717, 1.165) is 30.2 Å². The molecule has 1 N–H and O–H groups in total. The van der Waals surface area contributed by atoms with Crippen molar-refractivity contribution in [2.75, 3.05) is 26.7 Å². The molecule has 1 amide bonds. The zero-order valence-electron chi connectivity index (χ0n) is 18.6. The quantitative estimate of drug-likeness (QED) is 0.700. The Morgan fingerprint density at radius 2 is 1.67 bits per heavy atom. The number of hydrogen-bond donors (Lipinski definition) is 1. The number of hydrogen-bond acceptors (Lipinski definition) is 4. The molecular formula is C25H34N2O3. The second-order valence-electron chi connectivity index (χ2n) is 8.14. The number of benzene rings is 2. The van der Waals surface area contributed by atoms with Gasteiger partial charge in [-0.05, 0) is 87.7 Å². The Labute approximate surface area is 180 Å². The molecule has 0 bridgehead atoms.